The van der Waals surface area contributed by atoms with Crippen LogP contribution in [0.1, 0.15) is 30.9 Å². The lowest BCUT2D eigenvalue weighted by Gasteiger charge is -2.26. The Balaban J connectivity index is 2.46. The number of hydrogen-bond acceptors (Lipinski definition) is 6. The Morgan fingerprint density at radius 3 is 2.39 bits per heavy atom. The highest BCUT2D eigenvalue weighted by atomic mass is 16.4. The molecule has 3 N–H and O–H groups in total. The van der Waals surface area contributed by atoms with Crippen LogP contribution in [-0.2, 0) is 22.7 Å². The van der Waals surface area contributed by atoms with Gasteiger partial charge in [0.05, 0.1) is 6.54 Å². The average molecular weight is 385 g/mol. The van der Waals surface area contributed by atoms with Crippen LogP contribution < -0.4 is 0 Å². The molecule has 0 aliphatic carbocycles. The first-order chi connectivity index (χ1) is 13.2. The zero-order valence-corrected chi connectivity index (χ0v) is 16.0. The number of carboxylic acid groups (broad SMARTS) is 1. The van der Waals surface area contributed by atoms with Gasteiger partial charge in [-0.05, 0) is 57.2 Å². The fourth-order valence-corrected chi connectivity index (χ4v) is 2.72. The molecule has 148 valence electrons. The minimum absolute atomic E-state index is 0.00544. The van der Waals surface area contributed by atoms with Crippen LogP contribution in [0, 0.1) is 6.92 Å². The third-order valence-corrected chi connectivity index (χ3v) is 4.13. The third-order valence-electron chi connectivity index (χ3n) is 4.13. The van der Waals surface area contributed by atoms with Crippen LogP contribution in [0.4, 0.5) is 0 Å². The topological polar surface area (TPSA) is 111 Å². The number of phenolic OH excluding ortho intramolecular Hbond substituents is 2. The summed E-state index contributed by atoms with van der Waals surface area (Å²) in [4.78, 5) is 24.8. The molecule has 1 aromatic carbocycles. The first-order valence-electron chi connectivity index (χ1n) is 8.64. The van der Waals surface area contributed by atoms with Gasteiger partial charge in [-0.1, -0.05) is 6.08 Å². The Labute approximate surface area is 162 Å². The van der Waals surface area contributed by atoms with E-state index in [1.165, 1.54) is 31.2 Å². The van der Waals surface area contributed by atoms with Crippen LogP contribution in [0.5, 0.6) is 11.5 Å². The second-order valence-electron chi connectivity index (χ2n) is 6.31. The maximum Gasteiger partial charge on any atom is 0.339 e. The number of allylic oxidation sites excluding steroid dienone is 2. The van der Waals surface area contributed by atoms with Crippen molar-refractivity contribution in [3.63, 3.8) is 0 Å². The van der Waals surface area contributed by atoms with Crippen LogP contribution >= 0.6 is 0 Å². The molecule has 1 heterocycles. The lowest BCUT2D eigenvalue weighted by Crippen LogP contribution is -2.22. The lowest BCUT2D eigenvalue weighted by atomic mass is 10.1. The summed E-state index contributed by atoms with van der Waals surface area (Å²) in [5.41, 5.74) is 0.550. The maximum atomic E-state index is 11.7. The number of aliphatic carboxylic acids is 1. The monoisotopic (exact) mass is 385 g/mol. The van der Waals surface area contributed by atoms with Crippen molar-refractivity contribution < 1.29 is 29.3 Å². The van der Waals surface area contributed by atoms with Gasteiger partial charge in [-0.25, -0.2) is 4.79 Å². The number of benzene rings is 1. The van der Waals surface area contributed by atoms with Gasteiger partial charge in [0, 0.05) is 17.8 Å². The van der Waals surface area contributed by atoms with Crippen LogP contribution in [0.15, 0.2) is 58.2 Å². The van der Waals surface area contributed by atoms with Crippen molar-refractivity contribution in [1.29, 1.82) is 0 Å². The summed E-state index contributed by atoms with van der Waals surface area (Å²) in [6, 6.07) is 7.78. The standard InChI is InChI=1S/C21H23NO6/c1-4-16(10-19(14(3)23)21(26)27)22(12-18-7-5-13(2)28-18)11-15-9-17(24)6-8-20(15)25/h4-10,24-25H,11-12H2,1-3H3,(H,26,27)/b16-4?,19-10+. The Hall–Kier alpha value is -3.48. The average Bonchev–Trinajstić information content (AvgIpc) is 3.02. The van der Waals surface area contributed by atoms with E-state index in [1.807, 2.05) is 13.0 Å². The van der Waals surface area contributed by atoms with Crippen molar-refractivity contribution in [3.8, 4) is 11.5 Å². The molecule has 28 heavy (non-hydrogen) atoms. The van der Waals surface area contributed by atoms with E-state index in [4.69, 9.17) is 4.42 Å². The molecule has 7 nitrogen and oxygen atoms in total. The number of rotatable bonds is 8. The summed E-state index contributed by atoms with van der Waals surface area (Å²) >= 11 is 0. The molecular weight excluding hydrogens is 362 g/mol. The lowest BCUT2D eigenvalue weighted by molar-refractivity contribution is -0.134. The molecular formula is C21H23NO6. The molecule has 0 radical (unpaired) electrons. The van der Waals surface area contributed by atoms with Crippen molar-refractivity contribution >= 4 is 11.8 Å². The van der Waals surface area contributed by atoms with Crippen molar-refractivity contribution in [2.45, 2.75) is 33.9 Å². The van der Waals surface area contributed by atoms with E-state index < -0.39 is 11.8 Å². The molecule has 2 aromatic rings. The summed E-state index contributed by atoms with van der Waals surface area (Å²) in [7, 11) is 0. The number of hydrogen-bond donors (Lipinski definition) is 3. The summed E-state index contributed by atoms with van der Waals surface area (Å²) < 4.78 is 5.62. The van der Waals surface area contributed by atoms with Crippen molar-refractivity contribution in [1.82, 2.24) is 4.90 Å². The van der Waals surface area contributed by atoms with Gasteiger partial charge in [0.1, 0.15) is 28.6 Å². The van der Waals surface area contributed by atoms with Gasteiger partial charge >= 0.3 is 5.97 Å². The number of aryl methyl sites for hydroxylation is 1. The fraction of sp³-hybridized carbons (Fsp3) is 0.238. The van der Waals surface area contributed by atoms with E-state index in [9.17, 15) is 24.9 Å². The summed E-state index contributed by atoms with van der Waals surface area (Å²) in [5, 5.41) is 29.2. The number of Topliss-reactive ketones (excluding diaryl/α,β-unsaturated/α-hetero) is 1. The summed E-state index contributed by atoms with van der Waals surface area (Å²) in [6.07, 6.45) is 2.96. The largest absolute Gasteiger partial charge is 0.508 e. The summed E-state index contributed by atoms with van der Waals surface area (Å²) in [6.45, 7) is 5.14. The molecule has 2 rings (SSSR count). The van der Waals surface area contributed by atoms with Gasteiger partial charge in [-0.2, -0.15) is 0 Å². The second kappa shape index (κ2) is 8.94. The van der Waals surface area contributed by atoms with E-state index in [-0.39, 0.29) is 30.2 Å². The fourth-order valence-electron chi connectivity index (χ4n) is 2.72. The molecule has 0 atom stereocenters. The molecule has 0 aliphatic rings. The van der Waals surface area contributed by atoms with Crippen molar-refractivity contribution in [3.05, 3.63) is 70.8 Å². The molecule has 0 unspecified atom stereocenters. The Kier molecular flexibility index (Phi) is 6.65. The Morgan fingerprint density at radius 2 is 1.86 bits per heavy atom. The molecule has 7 heteroatoms. The first-order valence-corrected chi connectivity index (χ1v) is 8.64. The number of phenols is 2. The number of ketones is 1. The van der Waals surface area contributed by atoms with Crippen molar-refractivity contribution in [2.75, 3.05) is 0 Å². The molecule has 0 bridgehead atoms. The number of carboxylic acids is 1. The van der Waals surface area contributed by atoms with Gasteiger partial charge in [-0.3, -0.25) is 4.79 Å². The highest BCUT2D eigenvalue weighted by Gasteiger charge is 2.18. The minimum Gasteiger partial charge on any atom is -0.508 e. The zero-order valence-electron chi connectivity index (χ0n) is 16.0. The molecule has 0 fully saturated rings. The molecule has 0 amide bonds. The smallest absolute Gasteiger partial charge is 0.339 e. The van der Waals surface area contributed by atoms with E-state index in [0.717, 1.165) is 5.76 Å². The van der Waals surface area contributed by atoms with Gasteiger partial charge < -0.3 is 24.6 Å². The van der Waals surface area contributed by atoms with Crippen molar-refractivity contribution in [2.24, 2.45) is 0 Å². The maximum absolute atomic E-state index is 11.7. The molecule has 0 aliphatic heterocycles. The number of carbonyl (C=O) groups excluding carboxylic acids is 1. The van der Waals surface area contributed by atoms with E-state index in [0.29, 0.717) is 17.0 Å². The number of furan rings is 1. The van der Waals surface area contributed by atoms with Gasteiger partial charge in [0.15, 0.2) is 5.78 Å². The predicted molar refractivity (Wildman–Crippen MR) is 103 cm³/mol. The molecule has 0 saturated carbocycles. The van der Waals surface area contributed by atoms with Crippen LogP contribution in [0.25, 0.3) is 0 Å². The third kappa shape index (κ3) is 5.26. The van der Waals surface area contributed by atoms with Crippen LogP contribution in [0.2, 0.25) is 0 Å². The minimum atomic E-state index is -1.32. The summed E-state index contributed by atoms with van der Waals surface area (Å²) in [5.74, 6) is -0.550. The normalized spacial score (nSPS) is 12.1. The SMILES string of the molecule is CC=C(/C=C(\C(C)=O)C(=O)O)N(Cc1ccc(C)o1)Cc1cc(O)ccc1O. The number of aromatic hydroxyl groups is 2. The van der Waals surface area contributed by atoms with E-state index in [2.05, 4.69) is 0 Å². The number of carbonyl (C=O) groups is 2. The van der Waals surface area contributed by atoms with E-state index >= 15 is 0 Å². The quantitative estimate of drug-likeness (QED) is 0.210. The van der Waals surface area contributed by atoms with Crippen LogP contribution in [-0.4, -0.2) is 32.0 Å². The van der Waals surface area contributed by atoms with Gasteiger partial charge in [-0.15, -0.1) is 0 Å². The molecule has 0 spiro atoms. The Morgan fingerprint density at radius 1 is 1.14 bits per heavy atom. The Bertz CT molecular complexity index is 922. The number of nitrogens with zero attached hydrogens (tertiary/aromatic N) is 1. The molecule has 0 saturated heterocycles. The second-order valence-corrected chi connectivity index (χ2v) is 6.31. The highest BCUT2D eigenvalue weighted by Crippen LogP contribution is 2.27. The predicted octanol–water partition coefficient (Wildman–Crippen LogP) is 3.51. The first kappa shape index (κ1) is 20.8. The van der Waals surface area contributed by atoms with Crippen LogP contribution in [0.3, 0.4) is 0 Å². The zero-order chi connectivity index (χ0) is 20.8. The van der Waals surface area contributed by atoms with Gasteiger partial charge in [0.25, 0.3) is 0 Å². The molecule has 1 aromatic heterocycles. The van der Waals surface area contributed by atoms with Gasteiger partial charge in [0.2, 0.25) is 0 Å². The highest BCUT2D eigenvalue weighted by molar-refractivity contribution is 6.15. The van der Waals surface area contributed by atoms with E-state index in [1.54, 1.807) is 24.0 Å².